The highest BCUT2D eigenvalue weighted by molar-refractivity contribution is 9.11. The van der Waals surface area contributed by atoms with E-state index < -0.39 is 0 Å². The minimum absolute atomic E-state index is 0.00322. The molecule has 3 aromatic carbocycles. The molecule has 0 N–H and O–H groups in total. The molecule has 4 rings (SSSR count). The molecule has 0 saturated carbocycles. The molecule has 154 valence electrons. The van der Waals surface area contributed by atoms with Crippen LogP contribution in [0.2, 0.25) is 5.02 Å². The molecular weight excluding hydrogens is 557 g/mol. The number of thioether (sulfide) groups is 1. The number of halogens is 4. The van der Waals surface area contributed by atoms with E-state index in [9.17, 15) is 9.18 Å². The van der Waals surface area contributed by atoms with E-state index in [2.05, 4.69) is 31.9 Å². The minimum Gasteiger partial charge on any atom is -0.487 e. The Morgan fingerprint density at radius 3 is 2.60 bits per heavy atom. The first kappa shape index (κ1) is 21.7. The van der Waals surface area contributed by atoms with Crippen molar-refractivity contribution in [3.63, 3.8) is 0 Å². The number of nitrogens with zero attached hydrogens (tertiary/aromatic N) is 1. The Labute approximate surface area is 199 Å². The van der Waals surface area contributed by atoms with Crippen LogP contribution in [0.15, 0.2) is 69.6 Å². The van der Waals surface area contributed by atoms with Crippen LogP contribution in [0.25, 0.3) is 0 Å². The fraction of sp³-hybridized carbons (Fsp3) is 0.136. The van der Waals surface area contributed by atoms with Gasteiger partial charge in [0.05, 0.1) is 10.2 Å². The van der Waals surface area contributed by atoms with Crippen molar-refractivity contribution in [2.45, 2.75) is 12.0 Å². The predicted octanol–water partition coefficient (Wildman–Crippen LogP) is 7.36. The molecule has 1 saturated heterocycles. The molecule has 0 aromatic heterocycles. The smallest absolute Gasteiger partial charge is 0.238 e. The molecule has 0 unspecified atom stereocenters. The average molecular weight is 572 g/mol. The Morgan fingerprint density at radius 2 is 1.87 bits per heavy atom. The summed E-state index contributed by atoms with van der Waals surface area (Å²) in [5.41, 5.74) is 2.04. The molecule has 30 heavy (non-hydrogen) atoms. The highest BCUT2D eigenvalue weighted by atomic mass is 79.9. The van der Waals surface area contributed by atoms with Crippen molar-refractivity contribution in [1.29, 1.82) is 0 Å². The second kappa shape index (κ2) is 9.30. The summed E-state index contributed by atoms with van der Waals surface area (Å²) in [4.78, 5) is 14.4. The molecule has 1 amide bonds. The van der Waals surface area contributed by atoms with Crippen molar-refractivity contribution >= 4 is 66.8 Å². The summed E-state index contributed by atoms with van der Waals surface area (Å²) in [5, 5.41) is 0.316. The van der Waals surface area contributed by atoms with Gasteiger partial charge in [-0.3, -0.25) is 9.69 Å². The van der Waals surface area contributed by atoms with E-state index in [0.29, 0.717) is 22.1 Å². The van der Waals surface area contributed by atoms with Gasteiger partial charge in [0, 0.05) is 26.3 Å². The Morgan fingerprint density at radius 1 is 1.13 bits per heavy atom. The average Bonchev–Trinajstić information content (AvgIpc) is 3.10. The molecule has 0 bridgehead atoms. The molecule has 3 aromatic rings. The zero-order valence-corrected chi connectivity index (χ0v) is 20.2. The van der Waals surface area contributed by atoms with Crippen molar-refractivity contribution < 1.29 is 13.9 Å². The number of carbonyl (C=O) groups excluding carboxylic acids is 1. The quantitative estimate of drug-likeness (QED) is 0.321. The first-order chi connectivity index (χ1) is 14.4. The van der Waals surface area contributed by atoms with Gasteiger partial charge in [-0.1, -0.05) is 45.7 Å². The minimum atomic E-state index is -0.319. The van der Waals surface area contributed by atoms with Crippen LogP contribution in [0.4, 0.5) is 10.1 Å². The summed E-state index contributed by atoms with van der Waals surface area (Å²) in [6, 6.07) is 17.5. The monoisotopic (exact) mass is 569 g/mol. The molecule has 1 fully saturated rings. The number of amides is 1. The third-order valence-corrected chi connectivity index (χ3v) is 7.10. The highest BCUT2D eigenvalue weighted by Gasteiger charge is 2.36. The summed E-state index contributed by atoms with van der Waals surface area (Å²) in [5.74, 6) is 0.612. The van der Waals surface area contributed by atoms with Gasteiger partial charge in [0.15, 0.2) is 0 Å². The van der Waals surface area contributed by atoms with Crippen LogP contribution < -0.4 is 9.64 Å². The predicted molar refractivity (Wildman–Crippen MR) is 127 cm³/mol. The van der Waals surface area contributed by atoms with E-state index in [1.807, 2.05) is 24.3 Å². The molecule has 3 nitrogen and oxygen atoms in total. The summed E-state index contributed by atoms with van der Waals surface area (Å²) < 4.78 is 21.7. The Hall–Kier alpha value is -1.54. The molecule has 0 spiro atoms. The lowest BCUT2D eigenvalue weighted by atomic mass is 10.1. The second-order valence-corrected chi connectivity index (χ2v) is 9.86. The summed E-state index contributed by atoms with van der Waals surface area (Å²) in [6.07, 6.45) is 0. The molecule has 8 heteroatoms. The lowest BCUT2D eigenvalue weighted by Gasteiger charge is -2.27. The van der Waals surface area contributed by atoms with Crippen molar-refractivity contribution in [2.75, 3.05) is 10.7 Å². The van der Waals surface area contributed by atoms with Crippen LogP contribution in [0.1, 0.15) is 16.5 Å². The van der Waals surface area contributed by atoms with Crippen molar-refractivity contribution in [3.8, 4) is 5.75 Å². The molecule has 1 aliphatic rings. The fourth-order valence-corrected chi connectivity index (χ4v) is 5.90. The first-order valence-electron chi connectivity index (χ1n) is 8.98. The number of hydrogen-bond donors (Lipinski definition) is 0. The largest absolute Gasteiger partial charge is 0.487 e. The van der Waals surface area contributed by atoms with E-state index in [1.165, 1.54) is 17.8 Å². The number of ether oxygens (including phenoxy) is 1. The molecule has 1 heterocycles. The number of benzene rings is 3. The summed E-state index contributed by atoms with van der Waals surface area (Å²) >= 11 is 14.6. The van der Waals surface area contributed by atoms with E-state index in [1.54, 1.807) is 35.2 Å². The van der Waals surface area contributed by atoms with Crippen molar-refractivity contribution in [3.05, 3.63) is 91.6 Å². The van der Waals surface area contributed by atoms with Crippen LogP contribution in [0.3, 0.4) is 0 Å². The van der Waals surface area contributed by atoms with E-state index >= 15 is 0 Å². The lowest BCUT2D eigenvalue weighted by Crippen LogP contribution is -2.28. The summed E-state index contributed by atoms with van der Waals surface area (Å²) in [7, 11) is 0. The molecular formula is C22H15Br2ClFNO2S. The fourth-order valence-electron chi connectivity index (χ4n) is 3.22. The second-order valence-electron chi connectivity index (χ2n) is 6.59. The molecule has 0 radical (unpaired) electrons. The van der Waals surface area contributed by atoms with Crippen LogP contribution >= 0.6 is 55.2 Å². The van der Waals surface area contributed by atoms with E-state index in [4.69, 9.17) is 16.3 Å². The van der Waals surface area contributed by atoms with Crippen LogP contribution in [-0.4, -0.2) is 11.7 Å². The number of hydrogen-bond acceptors (Lipinski definition) is 3. The van der Waals surface area contributed by atoms with Gasteiger partial charge in [-0.25, -0.2) is 4.39 Å². The van der Waals surface area contributed by atoms with Gasteiger partial charge in [-0.15, -0.1) is 11.8 Å². The van der Waals surface area contributed by atoms with E-state index in [0.717, 1.165) is 20.2 Å². The Bertz CT molecular complexity index is 1100. The third-order valence-electron chi connectivity index (χ3n) is 4.61. The molecule has 1 aliphatic heterocycles. The zero-order chi connectivity index (χ0) is 21.3. The Kier molecular flexibility index (Phi) is 6.72. The number of carbonyl (C=O) groups is 1. The topological polar surface area (TPSA) is 29.5 Å². The maximum Gasteiger partial charge on any atom is 0.238 e. The van der Waals surface area contributed by atoms with Crippen molar-refractivity contribution in [2.24, 2.45) is 0 Å². The van der Waals surface area contributed by atoms with Gasteiger partial charge >= 0.3 is 0 Å². The normalized spacial score (nSPS) is 16.2. The number of anilines is 1. The Balaban J connectivity index is 1.71. The zero-order valence-electron chi connectivity index (χ0n) is 15.4. The number of rotatable bonds is 5. The van der Waals surface area contributed by atoms with Gasteiger partial charge in [0.2, 0.25) is 5.91 Å². The highest BCUT2D eigenvalue weighted by Crippen LogP contribution is 2.48. The van der Waals surface area contributed by atoms with Gasteiger partial charge < -0.3 is 4.74 Å². The van der Waals surface area contributed by atoms with Crippen molar-refractivity contribution in [1.82, 2.24) is 0 Å². The first-order valence-corrected chi connectivity index (χ1v) is 12.0. The lowest BCUT2D eigenvalue weighted by molar-refractivity contribution is -0.115. The maximum atomic E-state index is 14.1. The summed E-state index contributed by atoms with van der Waals surface area (Å²) in [6.45, 7) is 0.0756. The van der Waals surface area contributed by atoms with Gasteiger partial charge in [0.1, 0.15) is 23.5 Å². The molecule has 1 atom stereocenters. The SMILES string of the molecule is O=C1CS[C@@H](c2cc(Br)cc(Br)c2OCc2ccccc2F)N1c1ccc(Cl)cc1. The van der Waals surface area contributed by atoms with Crippen LogP contribution in [0, 0.1) is 5.82 Å². The van der Waals surface area contributed by atoms with Gasteiger partial charge in [-0.2, -0.15) is 0 Å². The van der Waals surface area contributed by atoms with Crippen LogP contribution in [0.5, 0.6) is 5.75 Å². The van der Waals surface area contributed by atoms with Gasteiger partial charge in [-0.05, 0) is 58.4 Å². The van der Waals surface area contributed by atoms with Crippen LogP contribution in [-0.2, 0) is 11.4 Å². The van der Waals surface area contributed by atoms with Gasteiger partial charge in [0.25, 0.3) is 0 Å². The standard InChI is InChI=1S/C22H15Br2ClFNO2S/c23-14-9-17(21(18(24)10-14)29-11-13-3-1-2-4-19(13)26)22-27(20(28)12-30-22)16-7-5-15(25)6-8-16/h1-10,22H,11-12H2/t22-/m0/s1. The van der Waals surface area contributed by atoms with E-state index in [-0.39, 0.29) is 23.7 Å². The third kappa shape index (κ3) is 4.54. The molecule has 0 aliphatic carbocycles. The maximum absolute atomic E-state index is 14.1.